The van der Waals surface area contributed by atoms with E-state index >= 15 is 0 Å². The van der Waals surface area contributed by atoms with Crippen LogP contribution < -0.4 is 10.6 Å². The number of nitrogens with one attached hydrogen (secondary N) is 2. The molecule has 1 fully saturated rings. The van der Waals surface area contributed by atoms with Crippen molar-refractivity contribution in [1.29, 1.82) is 0 Å². The number of carbonyl (C=O) groups excluding carboxylic acids is 1. The summed E-state index contributed by atoms with van der Waals surface area (Å²) in [5, 5.41) is 16.3. The van der Waals surface area contributed by atoms with Gasteiger partial charge in [-0.2, -0.15) is 13.2 Å². The molecule has 1 saturated heterocycles. The third-order valence-electron chi connectivity index (χ3n) is 7.71. The molecule has 0 radical (unpaired) electrons. The fourth-order valence-electron chi connectivity index (χ4n) is 6.04. The molecule has 0 spiro atoms. The van der Waals surface area contributed by atoms with E-state index in [-0.39, 0.29) is 30.9 Å². The number of hydrogen-bond acceptors (Lipinski definition) is 6. The molecule has 2 aromatic carbocycles. The highest BCUT2D eigenvalue weighted by Crippen LogP contribution is 2.49. The van der Waals surface area contributed by atoms with Crippen molar-refractivity contribution in [2.24, 2.45) is 0 Å². The molecule has 40 heavy (non-hydrogen) atoms. The Balaban J connectivity index is 0.00000370. The summed E-state index contributed by atoms with van der Waals surface area (Å²) in [5.41, 5.74) is 1.89. The molecule has 1 aliphatic carbocycles. The summed E-state index contributed by atoms with van der Waals surface area (Å²) in [6.45, 7) is 3.33. The van der Waals surface area contributed by atoms with Crippen LogP contribution >= 0.6 is 12.4 Å². The molecular weight excluding hydrogens is 543 g/mol. The standard InChI is InChI=1S/C29H32F3N5O2.ClH/c1-18(2)37-25(29(30,31)32)13-14-28(37,27(39)35-20-8-4-3-5-9-20)24-16-26(34-17-33-24)36-23-10-6-7-19-11-12-21(38)15-22(19)23;/h3-10,16-18,21,25,38H,11-15H2,1-2H3,(H,35,39)(H,33,34,36);1H/t21-,25?,28+;/m1./s1. The van der Waals surface area contributed by atoms with Gasteiger partial charge >= 0.3 is 6.18 Å². The predicted molar refractivity (Wildman–Crippen MR) is 150 cm³/mol. The number of amides is 1. The van der Waals surface area contributed by atoms with Gasteiger partial charge in [-0.25, -0.2) is 9.97 Å². The number of aliphatic hydroxyl groups is 1. The molecule has 3 aromatic rings. The van der Waals surface area contributed by atoms with Crippen molar-refractivity contribution in [3.05, 3.63) is 77.7 Å². The Morgan fingerprint density at radius 3 is 2.55 bits per heavy atom. The summed E-state index contributed by atoms with van der Waals surface area (Å²) < 4.78 is 42.7. The molecule has 3 N–H and O–H groups in total. The van der Waals surface area contributed by atoms with Crippen LogP contribution in [0.15, 0.2) is 60.9 Å². The second-order valence-electron chi connectivity index (χ2n) is 10.5. The molecule has 0 saturated carbocycles. The highest BCUT2D eigenvalue weighted by atomic mass is 35.5. The van der Waals surface area contributed by atoms with E-state index in [0.29, 0.717) is 24.3 Å². The van der Waals surface area contributed by atoms with E-state index in [9.17, 15) is 23.1 Å². The summed E-state index contributed by atoms with van der Waals surface area (Å²) in [7, 11) is 0. The lowest BCUT2D eigenvalue weighted by molar-refractivity contribution is -0.191. The second kappa shape index (κ2) is 11.7. The second-order valence-corrected chi connectivity index (χ2v) is 10.5. The number of hydrogen-bond donors (Lipinski definition) is 3. The van der Waals surface area contributed by atoms with Gasteiger partial charge in [-0.3, -0.25) is 9.69 Å². The van der Waals surface area contributed by atoms with Crippen molar-refractivity contribution in [3.8, 4) is 0 Å². The Kier molecular flexibility index (Phi) is 8.72. The average molecular weight is 576 g/mol. The van der Waals surface area contributed by atoms with Crippen LogP contribution in [0.5, 0.6) is 0 Å². The number of anilines is 3. The molecule has 2 aliphatic rings. The van der Waals surface area contributed by atoms with Crippen LogP contribution in [0.3, 0.4) is 0 Å². The number of fused-ring (bicyclic) bond motifs is 1. The SMILES string of the molecule is CC(C)N1C(C(F)(F)F)CC[C@@]1(C(=O)Nc1ccccc1)c1cc(Nc2cccc3c2C[C@H](O)CC3)ncn1.Cl. The van der Waals surface area contributed by atoms with Crippen molar-refractivity contribution < 1.29 is 23.1 Å². The summed E-state index contributed by atoms with van der Waals surface area (Å²) in [6, 6.07) is 13.7. The third-order valence-corrected chi connectivity index (χ3v) is 7.71. The van der Waals surface area contributed by atoms with Gasteiger partial charge in [-0.05, 0) is 68.9 Å². The molecule has 7 nitrogen and oxygen atoms in total. The minimum Gasteiger partial charge on any atom is -0.393 e. The maximum absolute atomic E-state index is 14.2. The molecule has 0 bridgehead atoms. The quantitative estimate of drug-likeness (QED) is 0.346. The monoisotopic (exact) mass is 575 g/mol. The first-order valence-electron chi connectivity index (χ1n) is 13.2. The molecular formula is C29H33ClF3N5O2. The fourth-order valence-corrected chi connectivity index (χ4v) is 6.04. The smallest absolute Gasteiger partial charge is 0.393 e. The number of aromatic nitrogens is 2. The van der Waals surface area contributed by atoms with E-state index in [1.807, 2.05) is 18.2 Å². The first-order valence-corrected chi connectivity index (χ1v) is 13.2. The Bertz CT molecular complexity index is 1340. The van der Waals surface area contributed by atoms with Gasteiger partial charge in [-0.1, -0.05) is 30.3 Å². The molecule has 1 amide bonds. The van der Waals surface area contributed by atoms with E-state index in [4.69, 9.17) is 0 Å². The summed E-state index contributed by atoms with van der Waals surface area (Å²) >= 11 is 0. The van der Waals surface area contributed by atoms with Crippen molar-refractivity contribution in [1.82, 2.24) is 14.9 Å². The van der Waals surface area contributed by atoms with Gasteiger partial charge in [-0.15, -0.1) is 12.4 Å². The first kappa shape index (κ1) is 29.8. The number of likely N-dealkylation sites (tertiary alicyclic amines) is 1. The average Bonchev–Trinajstić information content (AvgIpc) is 3.33. The van der Waals surface area contributed by atoms with E-state index in [2.05, 4.69) is 20.6 Å². The molecule has 2 heterocycles. The van der Waals surface area contributed by atoms with Gasteiger partial charge in [0.1, 0.15) is 23.7 Å². The zero-order chi connectivity index (χ0) is 27.8. The van der Waals surface area contributed by atoms with Gasteiger partial charge in [0.15, 0.2) is 0 Å². The Morgan fingerprint density at radius 2 is 1.85 bits per heavy atom. The zero-order valence-corrected chi connectivity index (χ0v) is 23.1. The first-order chi connectivity index (χ1) is 18.6. The van der Waals surface area contributed by atoms with Crippen LogP contribution in [0.2, 0.25) is 0 Å². The summed E-state index contributed by atoms with van der Waals surface area (Å²) in [4.78, 5) is 24.0. The number of rotatable bonds is 6. The molecule has 11 heteroatoms. The van der Waals surface area contributed by atoms with Gasteiger partial charge in [0, 0.05) is 29.9 Å². The molecule has 214 valence electrons. The fraction of sp³-hybridized carbons (Fsp3) is 0.414. The number of nitrogens with zero attached hydrogens (tertiary/aromatic N) is 3. The van der Waals surface area contributed by atoms with E-state index in [1.54, 1.807) is 50.2 Å². The van der Waals surface area contributed by atoms with Crippen molar-refractivity contribution in [3.63, 3.8) is 0 Å². The third kappa shape index (κ3) is 5.66. The number of aryl methyl sites for hydroxylation is 1. The number of carbonyl (C=O) groups is 1. The lowest BCUT2D eigenvalue weighted by Gasteiger charge is -2.42. The Morgan fingerprint density at radius 1 is 1.10 bits per heavy atom. The van der Waals surface area contributed by atoms with E-state index < -0.39 is 35.8 Å². The van der Waals surface area contributed by atoms with Gasteiger partial charge in [0.25, 0.3) is 5.91 Å². The van der Waals surface area contributed by atoms with E-state index in [0.717, 1.165) is 23.2 Å². The number of benzene rings is 2. The normalized spacial score (nSPS) is 22.9. The highest BCUT2D eigenvalue weighted by Gasteiger charge is 2.61. The van der Waals surface area contributed by atoms with E-state index in [1.165, 1.54) is 11.2 Å². The number of para-hydroxylation sites is 1. The van der Waals surface area contributed by atoms with Crippen LogP contribution in [-0.2, 0) is 23.2 Å². The van der Waals surface area contributed by atoms with Gasteiger partial charge in [0.2, 0.25) is 0 Å². The summed E-state index contributed by atoms with van der Waals surface area (Å²) in [5.74, 6) is -0.210. The van der Waals surface area contributed by atoms with Crippen molar-refractivity contribution in [2.45, 2.75) is 75.9 Å². The lowest BCUT2D eigenvalue weighted by atomic mass is 9.88. The van der Waals surface area contributed by atoms with Crippen LogP contribution in [0.4, 0.5) is 30.4 Å². The largest absolute Gasteiger partial charge is 0.404 e. The minimum atomic E-state index is -4.52. The van der Waals surface area contributed by atoms with Gasteiger partial charge < -0.3 is 15.7 Å². The maximum Gasteiger partial charge on any atom is 0.404 e. The maximum atomic E-state index is 14.2. The van der Waals surface area contributed by atoms with Crippen LogP contribution in [-0.4, -0.2) is 50.2 Å². The van der Waals surface area contributed by atoms with Crippen molar-refractivity contribution >= 4 is 35.5 Å². The molecule has 1 aromatic heterocycles. The van der Waals surface area contributed by atoms with Crippen molar-refractivity contribution in [2.75, 3.05) is 10.6 Å². The Labute approximate surface area is 237 Å². The predicted octanol–water partition coefficient (Wildman–Crippen LogP) is 5.76. The number of alkyl halides is 3. The minimum absolute atomic E-state index is 0. The van der Waals surface area contributed by atoms with Crippen LogP contribution in [0.1, 0.15) is 49.9 Å². The van der Waals surface area contributed by atoms with Crippen LogP contribution in [0, 0.1) is 0 Å². The molecule has 5 rings (SSSR count). The highest BCUT2D eigenvalue weighted by molar-refractivity contribution is 5.99. The van der Waals surface area contributed by atoms with Gasteiger partial charge in [0.05, 0.1) is 11.8 Å². The van der Waals surface area contributed by atoms with Crippen LogP contribution in [0.25, 0.3) is 0 Å². The number of halogens is 4. The lowest BCUT2D eigenvalue weighted by Crippen LogP contribution is -2.58. The zero-order valence-electron chi connectivity index (χ0n) is 22.3. The summed E-state index contributed by atoms with van der Waals surface area (Å²) in [6.07, 6.45) is -2.03. The molecule has 1 unspecified atom stereocenters. The molecule has 1 aliphatic heterocycles. The number of aliphatic hydroxyl groups excluding tert-OH is 1. The molecule has 3 atom stereocenters. The topological polar surface area (TPSA) is 90.4 Å². The Hall–Kier alpha value is -3.21.